The van der Waals surface area contributed by atoms with Crippen LogP contribution in [0.25, 0.3) is 0 Å². The van der Waals surface area contributed by atoms with Gasteiger partial charge in [-0.1, -0.05) is 52.4 Å². The number of likely N-dealkylation sites (tertiary alicyclic amines) is 1. The number of Topliss-reactive ketones (excluding diaryl/α,β-unsaturated/α-hetero) is 1. The van der Waals surface area contributed by atoms with Crippen LogP contribution in [-0.2, 0) is 33.5 Å². The first-order valence-corrected chi connectivity index (χ1v) is 14.9. The van der Waals surface area contributed by atoms with Crippen LogP contribution in [0.3, 0.4) is 0 Å². The van der Waals surface area contributed by atoms with Gasteiger partial charge in [-0.2, -0.15) is 0 Å². The summed E-state index contributed by atoms with van der Waals surface area (Å²) in [5, 5.41) is 5.70. The second kappa shape index (κ2) is 11.1. The van der Waals surface area contributed by atoms with E-state index in [4.69, 9.17) is 10.5 Å². The molecule has 5 aliphatic rings. The standard InChI is InChI=1S/C29H42N4O7/c1-29(2)17-14-33(23(21(17)29)27(38)31-18(24(35)25(30)36)13-15-7-6-8-15)28(39)22(16-9-4-3-5-10-16)32-26(37)19-11-12-20(34)40-19/h15-19,21-23H,3-14H2,1-2H3,(H2,30,36)(H,31,38)(H,32,37)/t17-,18?,19?,21?,22-,23-/m0/s1. The zero-order valence-corrected chi connectivity index (χ0v) is 23.5. The molecule has 2 saturated heterocycles. The number of fused-ring (bicyclic) bond motifs is 1. The molecule has 2 heterocycles. The van der Waals surface area contributed by atoms with Crippen LogP contribution in [0.5, 0.6) is 0 Å². The van der Waals surface area contributed by atoms with Gasteiger partial charge in [0.15, 0.2) is 6.10 Å². The molecule has 4 N–H and O–H groups in total. The van der Waals surface area contributed by atoms with E-state index in [0.717, 1.165) is 51.4 Å². The van der Waals surface area contributed by atoms with Crippen molar-refractivity contribution in [2.24, 2.45) is 34.8 Å². The van der Waals surface area contributed by atoms with E-state index in [-0.39, 0.29) is 47.8 Å². The molecule has 3 unspecified atom stereocenters. The van der Waals surface area contributed by atoms with Crippen molar-refractivity contribution in [3.8, 4) is 0 Å². The van der Waals surface area contributed by atoms with E-state index in [1.165, 1.54) is 0 Å². The van der Waals surface area contributed by atoms with Crippen molar-refractivity contribution >= 4 is 35.4 Å². The molecule has 11 heteroatoms. The van der Waals surface area contributed by atoms with Crippen molar-refractivity contribution in [2.75, 3.05) is 6.54 Å². The number of hydrogen-bond acceptors (Lipinski definition) is 7. The number of carbonyl (C=O) groups is 6. The highest BCUT2D eigenvalue weighted by Crippen LogP contribution is 2.65. The maximum atomic E-state index is 14.2. The van der Waals surface area contributed by atoms with Crippen LogP contribution in [-0.4, -0.2) is 71.1 Å². The molecular formula is C29H42N4O7. The van der Waals surface area contributed by atoms with Crippen molar-refractivity contribution in [1.29, 1.82) is 0 Å². The lowest BCUT2D eigenvalue weighted by Crippen LogP contribution is -2.60. The Morgan fingerprint density at radius 3 is 2.25 bits per heavy atom. The number of amides is 4. The maximum Gasteiger partial charge on any atom is 0.306 e. The second-order valence-electron chi connectivity index (χ2n) is 13.1. The largest absolute Gasteiger partial charge is 0.452 e. The molecule has 6 atom stereocenters. The van der Waals surface area contributed by atoms with Gasteiger partial charge in [0.2, 0.25) is 17.6 Å². The van der Waals surface area contributed by atoms with E-state index in [9.17, 15) is 28.8 Å². The molecular weight excluding hydrogens is 516 g/mol. The Morgan fingerprint density at radius 2 is 1.68 bits per heavy atom. The molecule has 0 bridgehead atoms. The van der Waals surface area contributed by atoms with E-state index in [1.54, 1.807) is 4.90 Å². The minimum Gasteiger partial charge on any atom is -0.452 e. The summed E-state index contributed by atoms with van der Waals surface area (Å²) in [6.45, 7) is 4.52. The number of rotatable bonds is 10. The van der Waals surface area contributed by atoms with Gasteiger partial charge in [0, 0.05) is 19.4 Å². The van der Waals surface area contributed by atoms with Gasteiger partial charge in [0.25, 0.3) is 11.8 Å². The average molecular weight is 559 g/mol. The van der Waals surface area contributed by atoms with Crippen LogP contribution in [0, 0.1) is 29.1 Å². The average Bonchev–Trinajstić information content (AvgIpc) is 3.28. The Hall–Kier alpha value is -2.98. The number of cyclic esters (lactones) is 1. The van der Waals surface area contributed by atoms with Crippen molar-refractivity contribution in [3.05, 3.63) is 0 Å². The molecule has 0 radical (unpaired) electrons. The number of carbonyl (C=O) groups excluding carboxylic acids is 6. The first-order chi connectivity index (χ1) is 19.0. The highest BCUT2D eigenvalue weighted by atomic mass is 16.6. The highest BCUT2D eigenvalue weighted by molar-refractivity contribution is 6.37. The molecule has 5 rings (SSSR count). The molecule has 11 nitrogen and oxygen atoms in total. The summed E-state index contributed by atoms with van der Waals surface area (Å²) in [6.07, 6.45) is 7.32. The Bertz CT molecular complexity index is 1080. The normalized spacial score (nSPS) is 30.9. The molecule has 0 aromatic carbocycles. The van der Waals surface area contributed by atoms with Gasteiger partial charge in [0.05, 0.1) is 6.04 Å². The molecule has 4 amide bonds. The van der Waals surface area contributed by atoms with Gasteiger partial charge in [0.1, 0.15) is 12.1 Å². The van der Waals surface area contributed by atoms with Gasteiger partial charge in [-0.3, -0.25) is 28.8 Å². The molecule has 0 aromatic heterocycles. The van der Waals surface area contributed by atoms with Crippen LogP contribution in [0.4, 0.5) is 0 Å². The van der Waals surface area contributed by atoms with Crippen molar-refractivity contribution in [3.63, 3.8) is 0 Å². The van der Waals surface area contributed by atoms with Gasteiger partial charge in [-0.05, 0) is 48.3 Å². The predicted octanol–water partition coefficient (Wildman–Crippen LogP) is 0.970. The van der Waals surface area contributed by atoms with Crippen LogP contribution in [0.2, 0.25) is 0 Å². The van der Waals surface area contributed by atoms with Crippen molar-refractivity contribution < 1.29 is 33.5 Å². The molecule has 2 aliphatic heterocycles. The minimum atomic E-state index is -1.08. The van der Waals surface area contributed by atoms with E-state index >= 15 is 0 Å². The summed E-state index contributed by atoms with van der Waals surface area (Å²) in [5.41, 5.74) is 5.15. The summed E-state index contributed by atoms with van der Waals surface area (Å²) in [7, 11) is 0. The van der Waals surface area contributed by atoms with E-state index in [2.05, 4.69) is 24.5 Å². The summed E-state index contributed by atoms with van der Waals surface area (Å²) in [4.78, 5) is 78.6. The van der Waals surface area contributed by atoms with Crippen molar-refractivity contribution in [1.82, 2.24) is 15.5 Å². The number of primary amides is 1. The van der Waals surface area contributed by atoms with Crippen molar-refractivity contribution in [2.45, 2.75) is 109 Å². The first kappa shape index (κ1) is 28.5. The molecule has 40 heavy (non-hydrogen) atoms. The number of nitrogens with one attached hydrogen (secondary N) is 2. The zero-order chi connectivity index (χ0) is 28.8. The number of nitrogens with zero attached hydrogens (tertiary/aromatic N) is 1. The first-order valence-electron chi connectivity index (χ1n) is 14.9. The fourth-order valence-electron chi connectivity index (χ4n) is 7.52. The number of ether oxygens (including phenoxy) is 1. The number of ketones is 1. The van der Waals surface area contributed by atoms with Gasteiger partial charge >= 0.3 is 5.97 Å². The summed E-state index contributed by atoms with van der Waals surface area (Å²) in [5.74, 6) is -3.40. The zero-order valence-electron chi connectivity index (χ0n) is 23.5. The summed E-state index contributed by atoms with van der Waals surface area (Å²) in [6, 6.07) is -2.66. The number of piperidine rings is 1. The van der Waals surface area contributed by atoms with Crippen LogP contribution < -0.4 is 16.4 Å². The van der Waals surface area contributed by atoms with Gasteiger partial charge in [-0.25, -0.2) is 0 Å². The SMILES string of the molecule is CC1(C)C2[C@@H](C(=O)NC(CC3CCC3)C(=O)C(N)=O)N(C(=O)[C@@H](NC(=O)C3CCC(=O)O3)C3CCCCC3)C[C@@H]21. The Balaban J connectivity index is 1.36. The third-order valence-corrected chi connectivity index (χ3v) is 10.3. The molecule has 3 aliphatic carbocycles. The fraction of sp³-hybridized carbons (Fsp3) is 0.793. The van der Waals surface area contributed by atoms with Gasteiger partial charge < -0.3 is 26.0 Å². The van der Waals surface area contributed by atoms with Crippen LogP contribution in [0.15, 0.2) is 0 Å². The minimum absolute atomic E-state index is 0.0845. The van der Waals surface area contributed by atoms with E-state index < -0.39 is 53.7 Å². The molecule has 5 fully saturated rings. The Morgan fingerprint density at radius 1 is 0.975 bits per heavy atom. The number of nitrogens with two attached hydrogens (primary N) is 1. The maximum absolute atomic E-state index is 14.2. The Labute approximate surface area is 234 Å². The highest BCUT2D eigenvalue weighted by Gasteiger charge is 2.69. The summed E-state index contributed by atoms with van der Waals surface area (Å²) >= 11 is 0. The van der Waals surface area contributed by atoms with Gasteiger partial charge in [-0.15, -0.1) is 0 Å². The molecule has 0 aromatic rings. The topological polar surface area (TPSA) is 165 Å². The quantitative estimate of drug-likeness (QED) is 0.265. The second-order valence-corrected chi connectivity index (χ2v) is 13.1. The molecule has 3 saturated carbocycles. The van der Waals surface area contributed by atoms with Crippen LogP contribution >= 0.6 is 0 Å². The van der Waals surface area contributed by atoms with E-state index in [0.29, 0.717) is 13.0 Å². The lowest BCUT2D eigenvalue weighted by molar-refractivity contribution is -0.150. The van der Waals surface area contributed by atoms with E-state index in [1.807, 2.05) is 0 Å². The lowest BCUT2D eigenvalue weighted by Gasteiger charge is -2.37. The number of esters is 1. The monoisotopic (exact) mass is 558 g/mol. The summed E-state index contributed by atoms with van der Waals surface area (Å²) < 4.78 is 5.15. The smallest absolute Gasteiger partial charge is 0.306 e. The third kappa shape index (κ3) is 5.48. The lowest BCUT2D eigenvalue weighted by atomic mass is 9.80. The third-order valence-electron chi connectivity index (χ3n) is 10.3. The fourth-order valence-corrected chi connectivity index (χ4v) is 7.52. The number of hydrogen-bond donors (Lipinski definition) is 3. The van der Waals surface area contributed by atoms with Crippen LogP contribution in [0.1, 0.15) is 84.5 Å². The molecule has 0 spiro atoms. The Kier molecular flexibility index (Phi) is 7.94. The predicted molar refractivity (Wildman–Crippen MR) is 142 cm³/mol. The molecule has 220 valence electrons.